The molecule has 2 nitrogen and oxygen atoms in total. The number of rotatable bonds is 2. The van der Waals surface area contributed by atoms with Crippen molar-refractivity contribution in [1.82, 2.24) is 0 Å². The Kier molecular flexibility index (Phi) is 3.04. The van der Waals surface area contributed by atoms with Crippen LogP contribution in [0, 0.1) is 5.92 Å². The summed E-state index contributed by atoms with van der Waals surface area (Å²) in [5.74, 6) is 0.254. The van der Waals surface area contributed by atoms with Crippen LogP contribution in [0.5, 0.6) is 0 Å². The van der Waals surface area contributed by atoms with Gasteiger partial charge in [-0.15, -0.1) is 0 Å². The SMILES string of the molecule is NC1CCCC1C(=O)c1cscc1Br. The smallest absolute Gasteiger partial charge is 0.169 e. The third kappa shape index (κ3) is 1.78. The molecule has 1 fully saturated rings. The lowest BCUT2D eigenvalue weighted by Gasteiger charge is -2.13. The van der Waals surface area contributed by atoms with E-state index in [0.717, 1.165) is 29.3 Å². The Hall–Kier alpha value is -0.190. The van der Waals surface area contributed by atoms with Gasteiger partial charge < -0.3 is 5.73 Å². The fraction of sp³-hybridized carbons (Fsp3) is 0.500. The Morgan fingerprint density at radius 1 is 1.50 bits per heavy atom. The number of carbonyl (C=O) groups excluding carboxylic acids is 1. The monoisotopic (exact) mass is 273 g/mol. The summed E-state index contributed by atoms with van der Waals surface area (Å²) in [4.78, 5) is 12.0. The van der Waals surface area contributed by atoms with E-state index in [1.54, 1.807) is 11.3 Å². The normalized spacial score (nSPS) is 26.7. The lowest BCUT2D eigenvalue weighted by atomic mass is 9.95. The average molecular weight is 274 g/mol. The number of ketones is 1. The van der Waals surface area contributed by atoms with Gasteiger partial charge in [0.1, 0.15) is 0 Å². The van der Waals surface area contributed by atoms with E-state index >= 15 is 0 Å². The number of thiophene rings is 1. The van der Waals surface area contributed by atoms with Crippen molar-refractivity contribution in [3.05, 3.63) is 20.8 Å². The third-order valence-corrected chi connectivity index (χ3v) is 4.49. The van der Waals surface area contributed by atoms with E-state index in [-0.39, 0.29) is 17.7 Å². The molecule has 0 radical (unpaired) electrons. The van der Waals surface area contributed by atoms with E-state index in [2.05, 4.69) is 15.9 Å². The maximum Gasteiger partial charge on any atom is 0.169 e. The van der Waals surface area contributed by atoms with Crippen LogP contribution < -0.4 is 5.73 Å². The zero-order chi connectivity index (χ0) is 10.1. The molecule has 0 saturated heterocycles. The van der Waals surface area contributed by atoms with Crippen LogP contribution in [0.15, 0.2) is 15.2 Å². The first-order valence-corrected chi connectivity index (χ1v) is 6.45. The molecular formula is C10H12BrNOS. The molecule has 4 heteroatoms. The predicted octanol–water partition coefficient (Wildman–Crippen LogP) is 2.82. The molecule has 1 aromatic rings. The largest absolute Gasteiger partial charge is 0.327 e. The van der Waals surface area contributed by atoms with Crippen LogP contribution in [0.1, 0.15) is 29.6 Å². The molecule has 76 valence electrons. The summed E-state index contributed by atoms with van der Waals surface area (Å²) < 4.78 is 0.909. The number of halogens is 1. The van der Waals surface area contributed by atoms with Gasteiger partial charge in [0.05, 0.1) is 0 Å². The van der Waals surface area contributed by atoms with Crippen LogP contribution in [-0.2, 0) is 0 Å². The molecule has 1 aliphatic rings. The van der Waals surface area contributed by atoms with Gasteiger partial charge >= 0.3 is 0 Å². The summed E-state index contributed by atoms with van der Waals surface area (Å²) >= 11 is 4.93. The molecular weight excluding hydrogens is 262 g/mol. The maximum absolute atomic E-state index is 12.0. The van der Waals surface area contributed by atoms with Gasteiger partial charge in [-0.1, -0.05) is 6.42 Å². The molecule has 14 heavy (non-hydrogen) atoms. The molecule has 2 unspecified atom stereocenters. The van der Waals surface area contributed by atoms with Gasteiger partial charge in [-0.2, -0.15) is 11.3 Å². The summed E-state index contributed by atoms with van der Waals surface area (Å²) in [6.07, 6.45) is 3.01. The van der Waals surface area contributed by atoms with Crippen LogP contribution in [0.2, 0.25) is 0 Å². The van der Waals surface area contributed by atoms with Gasteiger partial charge in [0, 0.05) is 32.8 Å². The number of nitrogens with two attached hydrogens (primary N) is 1. The standard InChI is InChI=1S/C10H12BrNOS/c11-8-5-14-4-7(8)10(13)6-2-1-3-9(6)12/h4-6,9H,1-3,12H2. The first kappa shape index (κ1) is 10.3. The Labute approximate surface area is 95.6 Å². The van der Waals surface area contributed by atoms with E-state index in [9.17, 15) is 4.79 Å². The molecule has 0 aromatic carbocycles. The quantitative estimate of drug-likeness (QED) is 0.843. The van der Waals surface area contributed by atoms with Gasteiger partial charge in [0.2, 0.25) is 0 Å². The second-order valence-electron chi connectivity index (χ2n) is 3.70. The summed E-state index contributed by atoms with van der Waals surface area (Å²) in [5.41, 5.74) is 6.71. The lowest BCUT2D eigenvalue weighted by molar-refractivity contribution is 0.0913. The van der Waals surface area contributed by atoms with Crippen molar-refractivity contribution in [2.45, 2.75) is 25.3 Å². The number of Topliss-reactive ketones (excluding diaryl/α,β-unsaturated/α-hetero) is 1. The van der Waals surface area contributed by atoms with Crippen molar-refractivity contribution >= 4 is 33.0 Å². The highest BCUT2D eigenvalue weighted by Crippen LogP contribution is 2.31. The molecule has 1 aliphatic carbocycles. The summed E-state index contributed by atoms with van der Waals surface area (Å²) in [5, 5.41) is 3.84. The Morgan fingerprint density at radius 3 is 2.79 bits per heavy atom. The minimum atomic E-state index is 0.0425. The predicted molar refractivity (Wildman–Crippen MR) is 61.7 cm³/mol. The number of hydrogen-bond donors (Lipinski definition) is 1. The summed E-state index contributed by atoms with van der Waals surface area (Å²) in [6, 6.07) is 0.0642. The maximum atomic E-state index is 12.0. The second kappa shape index (κ2) is 4.13. The molecule has 1 saturated carbocycles. The summed E-state index contributed by atoms with van der Waals surface area (Å²) in [7, 11) is 0. The van der Waals surface area contributed by atoms with Crippen LogP contribution in [0.25, 0.3) is 0 Å². The van der Waals surface area contributed by atoms with E-state index in [0.29, 0.717) is 0 Å². The van der Waals surface area contributed by atoms with Crippen molar-refractivity contribution in [1.29, 1.82) is 0 Å². The van der Waals surface area contributed by atoms with Gasteiger partial charge in [-0.05, 0) is 28.8 Å². The fourth-order valence-electron chi connectivity index (χ4n) is 1.97. The van der Waals surface area contributed by atoms with Crippen LogP contribution in [-0.4, -0.2) is 11.8 Å². The molecule has 1 aromatic heterocycles. The topological polar surface area (TPSA) is 43.1 Å². The van der Waals surface area contributed by atoms with Crippen molar-refractivity contribution < 1.29 is 4.79 Å². The summed E-state index contributed by atoms with van der Waals surface area (Å²) in [6.45, 7) is 0. The zero-order valence-corrected chi connectivity index (χ0v) is 10.1. The highest BCUT2D eigenvalue weighted by Gasteiger charge is 2.31. The molecule has 2 rings (SSSR count). The Bertz CT molecular complexity index is 350. The van der Waals surface area contributed by atoms with Crippen LogP contribution in [0.3, 0.4) is 0 Å². The van der Waals surface area contributed by atoms with Crippen LogP contribution >= 0.6 is 27.3 Å². The van der Waals surface area contributed by atoms with Gasteiger partial charge in [0.15, 0.2) is 5.78 Å². The molecule has 1 heterocycles. The van der Waals surface area contributed by atoms with E-state index < -0.39 is 0 Å². The van der Waals surface area contributed by atoms with Gasteiger partial charge in [-0.3, -0.25) is 4.79 Å². The number of hydrogen-bond acceptors (Lipinski definition) is 3. The average Bonchev–Trinajstić information content (AvgIpc) is 2.73. The van der Waals surface area contributed by atoms with Crippen LogP contribution in [0.4, 0.5) is 0 Å². The molecule has 0 bridgehead atoms. The van der Waals surface area contributed by atoms with E-state index in [1.165, 1.54) is 0 Å². The minimum Gasteiger partial charge on any atom is -0.327 e. The highest BCUT2D eigenvalue weighted by atomic mass is 79.9. The molecule has 0 amide bonds. The first-order valence-electron chi connectivity index (χ1n) is 4.71. The van der Waals surface area contributed by atoms with E-state index in [4.69, 9.17) is 5.73 Å². The fourth-order valence-corrected chi connectivity index (χ4v) is 3.45. The van der Waals surface area contributed by atoms with E-state index in [1.807, 2.05) is 10.8 Å². The number of carbonyl (C=O) groups is 1. The second-order valence-corrected chi connectivity index (χ2v) is 5.30. The minimum absolute atomic E-state index is 0.0425. The van der Waals surface area contributed by atoms with Gasteiger partial charge in [-0.25, -0.2) is 0 Å². The Morgan fingerprint density at radius 2 is 2.29 bits per heavy atom. The first-order chi connectivity index (χ1) is 6.70. The third-order valence-electron chi connectivity index (χ3n) is 2.79. The van der Waals surface area contributed by atoms with Crippen molar-refractivity contribution in [2.75, 3.05) is 0 Å². The van der Waals surface area contributed by atoms with Crippen molar-refractivity contribution in [3.8, 4) is 0 Å². The van der Waals surface area contributed by atoms with Gasteiger partial charge in [0.25, 0.3) is 0 Å². The zero-order valence-electron chi connectivity index (χ0n) is 7.70. The Balaban J connectivity index is 2.20. The molecule has 0 spiro atoms. The molecule has 0 aliphatic heterocycles. The highest BCUT2D eigenvalue weighted by molar-refractivity contribution is 9.10. The van der Waals surface area contributed by atoms with Crippen molar-refractivity contribution in [3.63, 3.8) is 0 Å². The molecule has 2 atom stereocenters. The van der Waals surface area contributed by atoms with Crippen molar-refractivity contribution in [2.24, 2.45) is 11.7 Å². The molecule has 2 N–H and O–H groups in total. The lowest BCUT2D eigenvalue weighted by Crippen LogP contribution is -2.30.